The summed E-state index contributed by atoms with van der Waals surface area (Å²) in [6.07, 6.45) is 5.05. The molecule has 1 fully saturated rings. The summed E-state index contributed by atoms with van der Waals surface area (Å²) in [5.74, 6) is 6.43. The number of hydrazine groups is 1. The van der Waals surface area contributed by atoms with Crippen molar-refractivity contribution in [2.45, 2.75) is 51.0 Å². The van der Waals surface area contributed by atoms with Crippen LogP contribution in [0, 0.1) is 11.7 Å². The number of nitrogens with one attached hydrogen (secondary N) is 1. The van der Waals surface area contributed by atoms with Crippen LogP contribution in [0.15, 0.2) is 24.3 Å². The summed E-state index contributed by atoms with van der Waals surface area (Å²) >= 11 is 0. The van der Waals surface area contributed by atoms with E-state index in [1.54, 1.807) is 0 Å². The highest BCUT2D eigenvalue weighted by molar-refractivity contribution is 5.26. The second kappa shape index (κ2) is 5.37. The van der Waals surface area contributed by atoms with Crippen molar-refractivity contribution >= 4 is 0 Å². The molecule has 100 valence electrons. The molecule has 0 heterocycles. The highest BCUT2D eigenvalue weighted by atomic mass is 19.1. The lowest BCUT2D eigenvalue weighted by Gasteiger charge is -2.34. The first-order valence-corrected chi connectivity index (χ1v) is 6.76. The lowest BCUT2D eigenvalue weighted by atomic mass is 9.76. The van der Waals surface area contributed by atoms with Crippen molar-refractivity contribution < 1.29 is 4.39 Å². The number of hydrogen-bond donors (Lipinski definition) is 2. The molecule has 3 heteroatoms. The van der Waals surface area contributed by atoms with Gasteiger partial charge in [0.15, 0.2) is 0 Å². The first-order valence-electron chi connectivity index (χ1n) is 6.76. The maximum atomic E-state index is 13.0. The summed E-state index contributed by atoms with van der Waals surface area (Å²) in [7, 11) is 0. The molecule has 2 nitrogen and oxygen atoms in total. The minimum Gasteiger partial charge on any atom is -0.271 e. The van der Waals surface area contributed by atoms with E-state index in [9.17, 15) is 4.39 Å². The van der Waals surface area contributed by atoms with Gasteiger partial charge in [-0.3, -0.25) is 11.3 Å². The number of hydrogen-bond acceptors (Lipinski definition) is 2. The second-order valence-corrected chi connectivity index (χ2v) is 5.97. The van der Waals surface area contributed by atoms with Gasteiger partial charge in [-0.15, -0.1) is 0 Å². The second-order valence-electron chi connectivity index (χ2n) is 5.97. The molecule has 0 aromatic heterocycles. The molecule has 0 aliphatic heterocycles. The van der Waals surface area contributed by atoms with Crippen LogP contribution >= 0.6 is 0 Å². The Bertz CT molecular complexity index is 382. The number of rotatable bonds is 6. The third-order valence-corrected chi connectivity index (χ3v) is 4.22. The van der Waals surface area contributed by atoms with Gasteiger partial charge in [-0.1, -0.05) is 38.8 Å². The van der Waals surface area contributed by atoms with Gasteiger partial charge in [0, 0.05) is 11.5 Å². The Morgan fingerprint density at radius 2 is 1.94 bits per heavy atom. The molecule has 0 spiro atoms. The number of benzene rings is 1. The van der Waals surface area contributed by atoms with E-state index in [-0.39, 0.29) is 17.3 Å². The van der Waals surface area contributed by atoms with Crippen LogP contribution in [0.3, 0.4) is 0 Å². The van der Waals surface area contributed by atoms with Gasteiger partial charge in [0.1, 0.15) is 5.82 Å². The summed E-state index contributed by atoms with van der Waals surface area (Å²) in [5.41, 5.74) is 3.99. The Labute approximate surface area is 109 Å². The molecule has 1 unspecified atom stereocenters. The van der Waals surface area contributed by atoms with Gasteiger partial charge in [-0.2, -0.15) is 0 Å². The zero-order valence-corrected chi connectivity index (χ0v) is 11.2. The Morgan fingerprint density at radius 3 is 2.44 bits per heavy atom. The van der Waals surface area contributed by atoms with Crippen LogP contribution < -0.4 is 11.3 Å². The fourth-order valence-corrected chi connectivity index (χ4v) is 2.54. The van der Waals surface area contributed by atoms with E-state index in [1.165, 1.54) is 31.4 Å². The first-order chi connectivity index (χ1) is 8.54. The Morgan fingerprint density at radius 1 is 1.33 bits per heavy atom. The van der Waals surface area contributed by atoms with Gasteiger partial charge in [0.05, 0.1) is 0 Å². The van der Waals surface area contributed by atoms with Gasteiger partial charge in [-0.25, -0.2) is 4.39 Å². The van der Waals surface area contributed by atoms with Gasteiger partial charge in [0.25, 0.3) is 0 Å². The van der Waals surface area contributed by atoms with Crippen molar-refractivity contribution in [1.82, 2.24) is 5.43 Å². The van der Waals surface area contributed by atoms with E-state index in [2.05, 4.69) is 19.3 Å². The van der Waals surface area contributed by atoms with E-state index in [1.807, 2.05) is 12.1 Å². The molecule has 1 aliphatic rings. The van der Waals surface area contributed by atoms with Crippen molar-refractivity contribution in [2.75, 3.05) is 0 Å². The highest BCUT2D eigenvalue weighted by Crippen LogP contribution is 2.37. The molecular formula is C15H23FN2. The minimum absolute atomic E-state index is 0.0860. The molecular weight excluding hydrogens is 227 g/mol. The maximum absolute atomic E-state index is 13.0. The predicted molar refractivity (Wildman–Crippen MR) is 72.5 cm³/mol. The van der Waals surface area contributed by atoms with Crippen LogP contribution in [0.25, 0.3) is 0 Å². The summed E-state index contributed by atoms with van der Waals surface area (Å²) < 4.78 is 13.0. The van der Waals surface area contributed by atoms with Crippen molar-refractivity contribution in [1.29, 1.82) is 0 Å². The molecule has 0 bridgehead atoms. The van der Waals surface area contributed by atoms with Crippen molar-refractivity contribution in [3.63, 3.8) is 0 Å². The zero-order valence-electron chi connectivity index (χ0n) is 11.2. The first kappa shape index (κ1) is 13.5. The van der Waals surface area contributed by atoms with Crippen molar-refractivity contribution in [3.8, 4) is 0 Å². The van der Waals surface area contributed by atoms with E-state index in [4.69, 9.17) is 5.84 Å². The average molecular weight is 250 g/mol. The summed E-state index contributed by atoms with van der Waals surface area (Å²) in [6.45, 7) is 4.33. The molecule has 1 aromatic carbocycles. The maximum Gasteiger partial charge on any atom is 0.123 e. The molecule has 0 radical (unpaired) electrons. The van der Waals surface area contributed by atoms with Crippen LogP contribution in [0.5, 0.6) is 0 Å². The fraction of sp³-hybridized carbons (Fsp3) is 0.600. The lowest BCUT2D eigenvalue weighted by Crippen LogP contribution is -2.48. The van der Waals surface area contributed by atoms with Crippen molar-refractivity contribution in [3.05, 3.63) is 35.6 Å². The SMILES string of the molecule is CC(C)(c1ccc(F)cc1)C(CCC1CC1)NN. The minimum atomic E-state index is -0.190. The van der Waals surface area contributed by atoms with Crippen LogP contribution in [-0.4, -0.2) is 6.04 Å². The van der Waals surface area contributed by atoms with E-state index >= 15 is 0 Å². The number of halogens is 1. The summed E-state index contributed by atoms with van der Waals surface area (Å²) in [5, 5.41) is 0. The monoisotopic (exact) mass is 250 g/mol. The Kier molecular flexibility index (Phi) is 4.03. The third kappa shape index (κ3) is 3.09. The molecule has 1 atom stereocenters. The van der Waals surface area contributed by atoms with Gasteiger partial charge in [0.2, 0.25) is 0 Å². The third-order valence-electron chi connectivity index (χ3n) is 4.22. The molecule has 3 N–H and O–H groups in total. The van der Waals surface area contributed by atoms with E-state index < -0.39 is 0 Å². The van der Waals surface area contributed by atoms with Gasteiger partial charge < -0.3 is 0 Å². The molecule has 1 aliphatic carbocycles. The van der Waals surface area contributed by atoms with E-state index in [0.717, 1.165) is 17.9 Å². The summed E-state index contributed by atoms with van der Waals surface area (Å²) in [4.78, 5) is 0. The Hall–Kier alpha value is -0.930. The Balaban J connectivity index is 2.07. The average Bonchev–Trinajstić information content (AvgIpc) is 3.14. The smallest absolute Gasteiger partial charge is 0.123 e. The normalized spacial score (nSPS) is 17.8. The van der Waals surface area contributed by atoms with Crippen LogP contribution in [0.4, 0.5) is 4.39 Å². The van der Waals surface area contributed by atoms with Gasteiger partial charge >= 0.3 is 0 Å². The van der Waals surface area contributed by atoms with Crippen LogP contribution in [0.2, 0.25) is 0 Å². The van der Waals surface area contributed by atoms with Gasteiger partial charge in [-0.05, 0) is 36.5 Å². The molecule has 1 aromatic rings. The number of nitrogens with two attached hydrogens (primary N) is 1. The molecule has 1 saturated carbocycles. The zero-order chi connectivity index (χ0) is 13.2. The molecule has 2 rings (SSSR count). The standard InChI is InChI=1S/C15H23FN2/c1-15(2,12-6-8-13(16)9-7-12)14(18-17)10-5-11-3-4-11/h6-9,11,14,18H,3-5,10,17H2,1-2H3. The fourth-order valence-electron chi connectivity index (χ4n) is 2.54. The van der Waals surface area contributed by atoms with Crippen LogP contribution in [-0.2, 0) is 5.41 Å². The largest absolute Gasteiger partial charge is 0.271 e. The predicted octanol–water partition coefficient (Wildman–Crippen LogP) is 3.13. The topological polar surface area (TPSA) is 38.0 Å². The van der Waals surface area contributed by atoms with Crippen LogP contribution in [0.1, 0.15) is 45.1 Å². The quantitative estimate of drug-likeness (QED) is 0.601. The van der Waals surface area contributed by atoms with Crippen molar-refractivity contribution in [2.24, 2.45) is 11.8 Å². The molecule has 0 amide bonds. The highest BCUT2D eigenvalue weighted by Gasteiger charge is 2.32. The lowest BCUT2D eigenvalue weighted by molar-refractivity contribution is 0.315. The molecule has 0 saturated heterocycles. The van der Waals surface area contributed by atoms with E-state index in [0.29, 0.717) is 0 Å². The summed E-state index contributed by atoms with van der Waals surface area (Å²) in [6, 6.07) is 6.98. The molecule has 18 heavy (non-hydrogen) atoms.